The summed E-state index contributed by atoms with van der Waals surface area (Å²) in [7, 11) is 0. The van der Waals surface area contributed by atoms with Crippen LogP contribution in [-0.2, 0) is 9.53 Å². The van der Waals surface area contributed by atoms with Crippen LogP contribution in [-0.4, -0.2) is 39.7 Å². The zero-order valence-electron chi connectivity index (χ0n) is 19.2. The number of carboxylic acids is 1. The van der Waals surface area contributed by atoms with Crippen LogP contribution in [0.3, 0.4) is 0 Å². The van der Waals surface area contributed by atoms with Gasteiger partial charge in [-0.2, -0.15) is 4.39 Å². The molecule has 1 fully saturated rings. The first-order valence-corrected chi connectivity index (χ1v) is 10.6. The molecule has 1 aliphatic heterocycles. The van der Waals surface area contributed by atoms with Gasteiger partial charge in [-0.05, 0) is 58.1 Å². The van der Waals surface area contributed by atoms with Gasteiger partial charge in [0.05, 0.1) is 11.3 Å². The number of halogens is 1. The third-order valence-electron chi connectivity index (χ3n) is 5.72. The van der Waals surface area contributed by atoms with Crippen molar-refractivity contribution in [1.82, 2.24) is 9.97 Å². The van der Waals surface area contributed by atoms with Gasteiger partial charge in [-0.25, -0.2) is 9.78 Å². The lowest BCUT2D eigenvalue weighted by molar-refractivity contribution is -0.160. The molecule has 3 heterocycles. The average Bonchev–Trinajstić information content (AvgIpc) is 2.66. The van der Waals surface area contributed by atoms with Gasteiger partial charge >= 0.3 is 5.97 Å². The largest absolute Gasteiger partial charge is 0.479 e. The van der Waals surface area contributed by atoms with E-state index in [9.17, 15) is 14.3 Å². The van der Waals surface area contributed by atoms with E-state index in [4.69, 9.17) is 4.74 Å². The maximum Gasteiger partial charge on any atom is 0.337 e. The predicted octanol–water partition coefficient (Wildman–Crippen LogP) is 5.16. The molecule has 3 rings (SSSR count). The molecule has 168 valence electrons. The van der Waals surface area contributed by atoms with Crippen LogP contribution in [0.25, 0.3) is 11.1 Å². The summed E-state index contributed by atoms with van der Waals surface area (Å²) in [6, 6.07) is 2.95. The molecule has 1 N–H and O–H groups in total. The number of aryl methyl sites for hydroxylation is 1. The predicted molar refractivity (Wildman–Crippen MR) is 119 cm³/mol. The van der Waals surface area contributed by atoms with Crippen LogP contribution in [0, 0.1) is 18.3 Å². The van der Waals surface area contributed by atoms with Gasteiger partial charge in [0.2, 0.25) is 5.95 Å². The highest BCUT2D eigenvalue weighted by molar-refractivity contribution is 5.86. The number of piperidine rings is 1. The average molecular weight is 430 g/mol. The van der Waals surface area contributed by atoms with Crippen molar-refractivity contribution in [2.24, 2.45) is 5.41 Å². The number of ether oxygens (including phenoxy) is 1. The number of rotatable bonds is 5. The van der Waals surface area contributed by atoms with Crippen molar-refractivity contribution in [3.05, 3.63) is 41.7 Å². The summed E-state index contributed by atoms with van der Waals surface area (Å²) in [6.45, 7) is 13.4. The van der Waals surface area contributed by atoms with Crippen molar-refractivity contribution in [2.75, 3.05) is 18.0 Å². The first-order chi connectivity index (χ1) is 14.4. The van der Waals surface area contributed by atoms with Crippen LogP contribution in [0.4, 0.5) is 10.1 Å². The number of aliphatic carboxylic acids is 1. The van der Waals surface area contributed by atoms with Gasteiger partial charge in [-0.3, -0.25) is 4.98 Å². The number of carboxylic acid groups (broad SMARTS) is 1. The maximum atomic E-state index is 13.5. The summed E-state index contributed by atoms with van der Waals surface area (Å²) in [5.74, 6) is -1.63. The minimum atomic E-state index is -1.18. The Balaban J connectivity index is 2.22. The van der Waals surface area contributed by atoms with Crippen molar-refractivity contribution in [2.45, 2.75) is 66.1 Å². The van der Waals surface area contributed by atoms with Gasteiger partial charge in [0.15, 0.2) is 6.10 Å². The van der Waals surface area contributed by atoms with E-state index >= 15 is 0 Å². The molecule has 1 atom stereocenters. The molecule has 2 aromatic rings. The Bertz CT molecular complexity index is 942. The fraction of sp³-hybridized carbons (Fsp3) is 0.542. The number of hydrogen-bond acceptors (Lipinski definition) is 5. The summed E-state index contributed by atoms with van der Waals surface area (Å²) < 4.78 is 19.5. The fourth-order valence-corrected chi connectivity index (χ4v) is 3.93. The molecule has 0 bridgehead atoms. The van der Waals surface area contributed by atoms with E-state index in [1.165, 1.54) is 12.3 Å². The summed E-state index contributed by atoms with van der Waals surface area (Å²) in [6.07, 6.45) is 3.97. The monoisotopic (exact) mass is 429 g/mol. The molecule has 0 aliphatic carbocycles. The van der Waals surface area contributed by atoms with Crippen molar-refractivity contribution in [3.63, 3.8) is 0 Å². The second-order valence-corrected chi connectivity index (χ2v) is 9.99. The normalized spacial score (nSPS) is 17.5. The second kappa shape index (κ2) is 8.54. The SMILES string of the molecule is Cc1ncc(-c2ccc(F)nc2)c(N2CCC(C)(C)CC2)c1[C@H](OC(C)(C)C)C(=O)O. The van der Waals surface area contributed by atoms with Crippen molar-refractivity contribution in [1.29, 1.82) is 0 Å². The first kappa shape index (κ1) is 23.1. The van der Waals surface area contributed by atoms with Crippen LogP contribution in [0.15, 0.2) is 24.5 Å². The highest BCUT2D eigenvalue weighted by Gasteiger charge is 2.35. The Morgan fingerprint density at radius 2 is 1.84 bits per heavy atom. The van der Waals surface area contributed by atoms with Crippen molar-refractivity contribution in [3.8, 4) is 11.1 Å². The lowest BCUT2D eigenvalue weighted by Crippen LogP contribution is -2.39. The van der Waals surface area contributed by atoms with E-state index < -0.39 is 23.6 Å². The van der Waals surface area contributed by atoms with E-state index in [1.54, 1.807) is 19.2 Å². The zero-order chi connectivity index (χ0) is 23.0. The van der Waals surface area contributed by atoms with Crippen molar-refractivity contribution >= 4 is 11.7 Å². The van der Waals surface area contributed by atoms with Gasteiger partial charge < -0.3 is 14.7 Å². The van der Waals surface area contributed by atoms with Crippen LogP contribution >= 0.6 is 0 Å². The highest BCUT2D eigenvalue weighted by atomic mass is 19.1. The Morgan fingerprint density at radius 3 is 2.35 bits per heavy atom. The number of anilines is 1. The summed E-state index contributed by atoms with van der Waals surface area (Å²) in [5.41, 5.74) is 2.92. The minimum Gasteiger partial charge on any atom is -0.479 e. The molecule has 0 aromatic carbocycles. The topological polar surface area (TPSA) is 75.5 Å². The molecule has 31 heavy (non-hydrogen) atoms. The van der Waals surface area contributed by atoms with Gasteiger partial charge in [0, 0.05) is 47.9 Å². The molecule has 0 saturated carbocycles. The second-order valence-electron chi connectivity index (χ2n) is 9.99. The van der Waals surface area contributed by atoms with Gasteiger partial charge in [0.25, 0.3) is 0 Å². The van der Waals surface area contributed by atoms with Crippen molar-refractivity contribution < 1.29 is 19.0 Å². The molecule has 1 saturated heterocycles. The lowest BCUT2D eigenvalue weighted by Gasteiger charge is -2.40. The van der Waals surface area contributed by atoms with Crippen LogP contribution in [0.1, 0.15) is 64.8 Å². The third kappa shape index (κ3) is 5.39. The molecule has 0 unspecified atom stereocenters. The Morgan fingerprint density at radius 1 is 1.19 bits per heavy atom. The number of nitrogens with zero attached hydrogens (tertiary/aromatic N) is 3. The molecule has 1 aliphatic rings. The molecule has 6 nitrogen and oxygen atoms in total. The van der Waals surface area contributed by atoms with E-state index in [0.717, 1.165) is 37.2 Å². The number of carbonyl (C=O) groups is 1. The Labute approximate surface area is 183 Å². The van der Waals surface area contributed by atoms with Gasteiger partial charge in [-0.1, -0.05) is 13.8 Å². The highest BCUT2D eigenvalue weighted by Crippen LogP contribution is 2.43. The van der Waals surface area contributed by atoms with E-state index in [0.29, 0.717) is 16.8 Å². The Hall–Kier alpha value is -2.54. The number of pyridine rings is 2. The number of hydrogen-bond donors (Lipinski definition) is 1. The maximum absolute atomic E-state index is 13.5. The van der Waals surface area contributed by atoms with Gasteiger partial charge in [-0.15, -0.1) is 0 Å². The minimum absolute atomic E-state index is 0.227. The van der Waals surface area contributed by atoms with E-state index in [1.807, 2.05) is 20.8 Å². The van der Waals surface area contributed by atoms with E-state index in [2.05, 4.69) is 28.7 Å². The molecular formula is C24H32FN3O3. The first-order valence-electron chi connectivity index (χ1n) is 10.6. The third-order valence-corrected chi connectivity index (χ3v) is 5.72. The Kier molecular flexibility index (Phi) is 6.37. The number of aromatic nitrogens is 2. The molecule has 0 amide bonds. The molecule has 7 heteroatoms. The standard InChI is InChI=1S/C24H32FN3O3/c1-15-19(21(22(29)30)31-23(2,3)4)20(28-11-9-24(5,6)10-12-28)17(14-26-15)16-7-8-18(25)27-13-16/h7-8,13-14,21H,9-12H2,1-6H3,(H,29,30)/t21-/m0/s1. The van der Waals surface area contributed by atoms with Crippen LogP contribution in [0.5, 0.6) is 0 Å². The zero-order valence-corrected chi connectivity index (χ0v) is 19.2. The summed E-state index contributed by atoms with van der Waals surface area (Å²) >= 11 is 0. The summed E-state index contributed by atoms with van der Waals surface area (Å²) in [4.78, 5) is 22.8. The lowest BCUT2D eigenvalue weighted by atomic mass is 9.82. The summed E-state index contributed by atoms with van der Waals surface area (Å²) in [5, 5.41) is 10.1. The quantitative estimate of drug-likeness (QED) is 0.662. The van der Waals surface area contributed by atoms with Gasteiger partial charge in [0.1, 0.15) is 0 Å². The molecule has 0 spiro atoms. The van der Waals surface area contributed by atoms with Crippen LogP contribution in [0.2, 0.25) is 0 Å². The van der Waals surface area contributed by atoms with Crippen LogP contribution < -0.4 is 4.90 Å². The smallest absolute Gasteiger partial charge is 0.337 e. The van der Waals surface area contributed by atoms with E-state index in [-0.39, 0.29) is 5.41 Å². The molecular weight excluding hydrogens is 397 g/mol. The molecule has 0 radical (unpaired) electrons. The molecule has 2 aromatic heterocycles. The fourth-order valence-electron chi connectivity index (χ4n) is 3.93.